The van der Waals surface area contributed by atoms with Crippen LogP contribution in [0.2, 0.25) is 0 Å². The first kappa shape index (κ1) is 15.0. The summed E-state index contributed by atoms with van der Waals surface area (Å²) >= 11 is 0. The van der Waals surface area contributed by atoms with Crippen molar-refractivity contribution in [2.24, 2.45) is 0 Å². The van der Waals surface area contributed by atoms with Gasteiger partial charge in [-0.1, -0.05) is 37.1 Å². The fourth-order valence-corrected chi connectivity index (χ4v) is 3.50. The second-order valence-electron chi connectivity index (χ2n) is 6.56. The molecule has 4 rings (SSSR count). The van der Waals surface area contributed by atoms with E-state index in [1.807, 2.05) is 24.7 Å². The summed E-state index contributed by atoms with van der Waals surface area (Å²) in [5.41, 5.74) is 5.55. The molecule has 0 aliphatic heterocycles. The molecule has 0 N–H and O–H groups in total. The molecular weight excluding hydrogens is 294 g/mol. The maximum atomic E-state index is 4.63. The van der Waals surface area contributed by atoms with Crippen LogP contribution in [0.5, 0.6) is 0 Å². The van der Waals surface area contributed by atoms with Crippen LogP contribution in [0, 0.1) is 6.92 Å². The Morgan fingerprint density at radius 2 is 1.62 bits per heavy atom. The summed E-state index contributed by atoms with van der Waals surface area (Å²) in [6, 6.07) is 12.5. The van der Waals surface area contributed by atoms with Crippen molar-refractivity contribution < 1.29 is 0 Å². The molecule has 0 bridgehead atoms. The molecule has 1 aromatic carbocycles. The molecule has 2 aromatic heterocycles. The van der Waals surface area contributed by atoms with Crippen LogP contribution in [-0.2, 0) is 0 Å². The van der Waals surface area contributed by atoms with Crippen molar-refractivity contribution >= 4 is 0 Å². The molecule has 1 aliphatic rings. The smallest absolute Gasteiger partial charge is 0.131 e. The molecule has 0 radical (unpaired) electrons. The molecule has 3 aromatic rings. The van der Waals surface area contributed by atoms with Crippen LogP contribution >= 0.6 is 0 Å². The van der Waals surface area contributed by atoms with Crippen LogP contribution in [0.15, 0.2) is 55.0 Å². The van der Waals surface area contributed by atoms with Crippen molar-refractivity contribution in [3.05, 3.63) is 66.4 Å². The van der Waals surface area contributed by atoms with E-state index in [9.17, 15) is 0 Å². The lowest BCUT2D eigenvalue weighted by atomic mass is 10.0. The fraction of sp³-hybridized carbons (Fsp3) is 0.286. The van der Waals surface area contributed by atoms with Gasteiger partial charge in [0.15, 0.2) is 0 Å². The quantitative estimate of drug-likeness (QED) is 0.669. The summed E-state index contributed by atoms with van der Waals surface area (Å²) in [6.07, 6.45) is 10.8. The van der Waals surface area contributed by atoms with Gasteiger partial charge < -0.3 is 0 Å². The third kappa shape index (κ3) is 2.94. The lowest BCUT2D eigenvalue weighted by Crippen LogP contribution is -2.00. The maximum Gasteiger partial charge on any atom is 0.131 e. The minimum absolute atomic E-state index is 0.555. The van der Waals surface area contributed by atoms with Gasteiger partial charge in [-0.25, -0.2) is 9.97 Å². The lowest BCUT2D eigenvalue weighted by Gasteiger charge is -2.09. The highest BCUT2D eigenvalue weighted by Gasteiger charge is 2.19. The molecule has 1 fully saturated rings. The molecule has 0 spiro atoms. The molecule has 120 valence electrons. The molecule has 3 nitrogen and oxygen atoms in total. The normalized spacial score (nSPS) is 14.9. The number of rotatable bonds is 3. The number of nitrogens with zero attached hydrogens (tertiary/aromatic N) is 3. The standard InChI is InChI=1S/C21H21N3/c1-15-6-2-5-9-19(15)20-12-17(10-11-22-20)18-13-23-21(24-14-18)16-7-3-4-8-16/h2,5-6,9-14,16H,3-4,7-8H2,1H3. The number of hydrogen-bond acceptors (Lipinski definition) is 3. The molecule has 3 heteroatoms. The van der Waals surface area contributed by atoms with Gasteiger partial charge in [0.05, 0.1) is 5.69 Å². The largest absolute Gasteiger partial charge is 0.256 e. The molecule has 1 saturated carbocycles. The van der Waals surface area contributed by atoms with Crippen LogP contribution in [0.3, 0.4) is 0 Å². The number of benzene rings is 1. The second kappa shape index (κ2) is 6.52. The van der Waals surface area contributed by atoms with Gasteiger partial charge in [0.1, 0.15) is 5.82 Å². The van der Waals surface area contributed by atoms with Crippen LogP contribution in [0.4, 0.5) is 0 Å². The van der Waals surface area contributed by atoms with Gasteiger partial charge in [0.25, 0.3) is 0 Å². The molecule has 24 heavy (non-hydrogen) atoms. The third-order valence-corrected chi connectivity index (χ3v) is 4.91. The highest BCUT2D eigenvalue weighted by Crippen LogP contribution is 2.32. The minimum atomic E-state index is 0.555. The number of pyridine rings is 1. The number of hydrogen-bond donors (Lipinski definition) is 0. The zero-order valence-electron chi connectivity index (χ0n) is 13.9. The Bertz CT molecular complexity index is 834. The van der Waals surface area contributed by atoms with Crippen LogP contribution in [0.25, 0.3) is 22.4 Å². The maximum absolute atomic E-state index is 4.63. The van der Waals surface area contributed by atoms with Crippen molar-refractivity contribution in [1.82, 2.24) is 15.0 Å². The van der Waals surface area contributed by atoms with Gasteiger partial charge in [-0.05, 0) is 43.0 Å². The monoisotopic (exact) mass is 315 g/mol. The van der Waals surface area contributed by atoms with Crippen molar-refractivity contribution in [2.45, 2.75) is 38.5 Å². The van der Waals surface area contributed by atoms with Crippen molar-refractivity contribution in [2.75, 3.05) is 0 Å². The van der Waals surface area contributed by atoms with Gasteiger partial charge in [0.2, 0.25) is 0 Å². The second-order valence-corrected chi connectivity index (χ2v) is 6.56. The Morgan fingerprint density at radius 1 is 0.875 bits per heavy atom. The van der Waals surface area contributed by atoms with Gasteiger partial charge in [-0.15, -0.1) is 0 Å². The Morgan fingerprint density at radius 3 is 2.38 bits per heavy atom. The Kier molecular flexibility index (Phi) is 4.08. The van der Waals surface area contributed by atoms with E-state index in [0.29, 0.717) is 5.92 Å². The molecule has 0 atom stereocenters. The average Bonchev–Trinajstić information content (AvgIpc) is 3.17. The van der Waals surface area contributed by atoms with E-state index < -0.39 is 0 Å². The zero-order chi connectivity index (χ0) is 16.4. The Balaban J connectivity index is 1.65. The highest BCUT2D eigenvalue weighted by molar-refractivity contribution is 5.71. The Labute approximate surface area is 142 Å². The zero-order valence-corrected chi connectivity index (χ0v) is 13.9. The van der Waals surface area contributed by atoms with E-state index in [-0.39, 0.29) is 0 Å². The van der Waals surface area contributed by atoms with Crippen LogP contribution in [0.1, 0.15) is 43.0 Å². The fourth-order valence-electron chi connectivity index (χ4n) is 3.50. The van der Waals surface area contributed by atoms with E-state index in [1.165, 1.54) is 36.8 Å². The first-order valence-corrected chi connectivity index (χ1v) is 8.65. The van der Waals surface area contributed by atoms with Crippen LogP contribution < -0.4 is 0 Å². The third-order valence-electron chi connectivity index (χ3n) is 4.91. The molecule has 0 amide bonds. The van der Waals surface area contributed by atoms with E-state index in [1.54, 1.807) is 0 Å². The van der Waals surface area contributed by atoms with Gasteiger partial charge >= 0.3 is 0 Å². The van der Waals surface area contributed by atoms with E-state index in [0.717, 1.165) is 22.6 Å². The predicted octanol–water partition coefficient (Wildman–Crippen LogP) is 5.17. The van der Waals surface area contributed by atoms with Crippen LogP contribution in [-0.4, -0.2) is 15.0 Å². The average molecular weight is 315 g/mol. The molecule has 0 saturated heterocycles. The summed E-state index contributed by atoms with van der Waals surface area (Å²) in [5, 5.41) is 0. The molecular formula is C21H21N3. The topological polar surface area (TPSA) is 38.7 Å². The Hall–Kier alpha value is -2.55. The molecule has 2 heterocycles. The number of aryl methyl sites for hydroxylation is 1. The van der Waals surface area contributed by atoms with Gasteiger partial charge in [-0.2, -0.15) is 0 Å². The summed E-state index contributed by atoms with van der Waals surface area (Å²) < 4.78 is 0. The summed E-state index contributed by atoms with van der Waals surface area (Å²) in [6.45, 7) is 2.11. The van der Waals surface area contributed by atoms with Gasteiger partial charge in [0, 0.05) is 35.6 Å². The molecule has 1 aliphatic carbocycles. The van der Waals surface area contributed by atoms with E-state index >= 15 is 0 Å². The van der Waals surface area contributed by atoms with E-state index in [4.69, 9.17) is 0 Å². The molecule has 0 unspecified atom stereocenters. The summed E-state index contributed by atoms with van der Waals surface area (Å²) in [4.78, 5) is 13.8. The minimum Gasteiger partial charge on any atom is -0.256 e. The van der Waals surface area contributed by atoms with Crippen molar-refractivity contribution in [3.8, 4) is 22.4 Å². The first-order valence-electron chi connectivity index (χ1n) is 8.65. The number of aromatic nitrogens is 3. The van der Waals surface area contributed by atoms with Crippen molar-refractivity contribution in [1.29, 1.82) is 0 Å². The van der Waals surface area contributed by atoms with E-state index in [2.05, 4.69) is 52.2 Å². The lowest BCUT2D eigenvalue weighted by molar-refractivity contribution is 0.668. The first-order chi connectivity index (χ1) is 11.8. The van der Waals surface area contributed by atoms with Crippen molar-refractivity contribution in [3.63, 3.8) is 0 Å². The summed E-state index contributed by atoms with van der Waals surface area (Å²) in [5.74, 6) is 1.56. The SMILES string of the molecule is Cc1ccccc1-c1cc(-c2cnc(C3CCCC3)nc2)ccn1. The summed E-state index contributed by atoms with van der Waals surface area (Å²) in [7, 11) is 0. The highest BCUT2D eigenvalue weighted by atomic mass is 14.9. The predicted molar refractivity (Wildman–Crippen MR) is 96.6 cm³/mol. The van der Waals surface area contributed by atoms with Gasteiger partial charge in [-0.3, -0.25) is 4.98 Å².